The lowest BCUT2D eigenvalue weighted by atomic mass is 10.1. The SMILES string of the molecule is CCCn1cccc1C(=O)N1CCCCCC1CO. The Morgan fingerprint density at radius 3 is 3.00 bits per heavy atom. The Kier molecular flexibility index (Phi) is 5.02. The Bertz CT molecular complexity index is 414. The highest BCUT2D eigenvalue weighted by atomic mass is 16.3. The summed E-state index contributed by atoms with van der Waals surface area (Å²) in [5, 5.41) is 9.50. The van der Waals surface area contributed by atoms with E-state index in [9.17, 15) is 9.90 Å². The molecule has 1 atom stereocenters. The molecule has 1 N–H and O–H groups in total. The summed E-state index contributed by atoms with van der Waals surface area (Å²) in [6.07, 6.45) is 7.18. The summed E-state index contributed by atoms with van der Waals surface area (Å²) in [5.74, 6) is 0.0689. The second-order valence-corrected chi connectivity index (χ2v) is 5.27. The van der Waals surface area contributed by atoms with Gasteiger partial charge in [-0.05, 0) is 31.4 Å². The topological polar surface area (TPSA) is 45.5 Å². The number of carbonyl (C=O) groups excluding carboxylic acids is 1. The fourth-order valence-electron chi connectivity index (χ4n) is 2.83. The molecule has 2 rings (SSSR count). The van der Waals surface area contributed by atoms with Crippen LogP contribution in [0.15, 0.2) is 18.3 Å². The zero-order chi connectivity index (χ0) is 13.7. The van der Waals surface area contributed by atoms with Crippen molar-refractivity contribution in [3.05, 3.63) is 24.0 Å². The van der Waals surface area contributed by atoms with Gasteiger partial charge in [-0.15, -0.1) is 0 Å². The number of carbonyl (C=O) groups is 1. The van der Waals surface area contributed by atoms with E-state index in [1.807, 2.05) is 27.8 Å². The second kappa shape index (κ2) is 6.75. The Labute approximate surface area is 115 Å². The van der Waals surface area contributed by atoms with Gasteiger partial charge in [0, 0.05) is 19.3 Å². The zero-order valence-electron chi connectivity index (χ0n) is 11.7. The smallest absolute Gasteiger partial charge is 0.270 e. The Balaban J connectivity index is 2.18. The van der Waals surface area contributed by atoms with E-state index in [2.05, 4.69) is 6.92 Å². The number of aliphatic hydroxyl groups is 1. The van der Waals surface area contributed by atoms with E-state index in [1.54, 1.807) is 0 Å². The van der Waals surface area contributed by atoms with E-state index < -0.39 is 0 Å². The molecule has 106 valence electrons. The lowest BCUT2D eigenvalue weighted by molar-refractivity contribution is 0.0589. The van der Waals surface area contributed by atoms with Gasteiger partial charge in [-0.1, -0.05) is 19.8 Å². The number of aromatic nitrogens is 1. The molecule has 0 saturated carbocycles. The van der Waals surface area contributed by atoms with Gasteiger partial charge in [-0.25, -0.2) is 0 Å². The first-order valence-corrected chi connectivity index (χ1v) is 7.35. The van der Waals surface area contributed by atoms with Crippen LogP contribution in [0, 0.1) is 0 Å². The standard InChI is InChI=1S/C15H24N2O2/c1-2-9-16-10-6-8-14(16)15(19)17-11-5-3-4-7-13(17)12-18/h6,8,10,13,18H,2-5,7,9,11-12H2,1H3. The highest BCUT2D eigenvalue weighted by molar-refractivity contribution is 5.93. The number of hydrogen-bond acceptors (Lipinski definition) is 2. The average Bonchev–Trinajstić information content (AvgIpc) is 2.74. The van der Waals surface area contributed by atoms with E-state index in [4.69, 9.17) is 0 Å². The number of aryl methyl sites for hydroxylation is 1. The molecule has 1 aliphatic rings. The maximum Gasteiger partial charge on any atom is 0.270 e. The number of likely N-dealkylation sites (tertiary alicyclic amines) is 1. The number of nitrogens with zero attached hydrogens (tertiary/aromatic N) is 2. The molecule has 1 amide bonds. The fraction of sp³-hybridized carbons (Fsp3) is 0.667. The Morgan fingerprint density at radius 2 is 2.26 bits per heavy atom. The van der Waals surface area contributed by atoms with Gasteiger partial charge < -0.3 is 14.6 Å². The molecule has 0 bridgehead atoms. The van der Waals surface area contributed by atoms with E-state index in [0.29, 0.717) is 0 Å². The van der Waals surface area contributed by atoms with E-state index >= 15 is 0 Å². The van der Waals surface area contributed by atoms with Crippen molar-refractivity contribution in [2.75, 3.05) is 13.2 Å². The van der Waals surface area contributed by atoms with Crippen LogP contribution >= 0.6 is 0 Å². The minimum Gasteiger partial charge on any atom is -0.394 e. The van der Waals surface area contributed by atoms with Crippen LogP contribution in [0.4, 0.5) is 0 Å². The Hall–Kier alpha value is -1.29. The lowest BCUT2D eigenvalue weighted by Crippen LogP contribution is -2.42. The molecule has 0 radical (unpaired) electrons. The molecule has 19 heavy (non-hydrogen) atoms. The molecule has 0 aliphatic carbocycles. The van der Waals surface area contributed by atoms with Crippen LogP contribution in [0.25, 0.3) is 0 Å². The van der Waals surface area contributed by atoms with Crippen LogP contribution in [-0.4, -0.2) is 39.7 Å². The van der Waals surface area contributed by atoms with Crippen molar-refractivity contribution >= 4 is 5.91 Å². The highest BCUT2D eigenvalue weighted by Crippen LogP contribution is 2.19. The first-order chi connectivity index (χ1) is 9.27. The van der Waals surface area contributed by atoms with E-state index in [-0.39, 0.29) is 18.6 Å². The maximum atomic E-state index is 12.7. The van der Waals surface area contributed by atoms with Crippen LogP contribution < -0.4 is 0 Å². The monoisotopic (exact) mass is 264 g/mol. The number of amides is 1. The molecule has 4 nitrogen and oxygen atoms in total. The van der Waals surface area contributed by atoms with Crippen LogP contribution in [0.5, 0.6) is 0 Å². The molecule has 0 spiro atoms. The van der Waals surface area contributed by atoms with E-state index in [0.717, 1.165) is 50.9 Å². The normalized spacial score (nSPS) is 20.3. The third-order valence-corrected chi connectivity index (χ3v) is 3.86. The zero-order valence-corrected chi connectivity index (χ0v) is 11.7. The maximum absolute atomic E-state index is 12.7. The van der Waals surface area contributed by atoms with Gasteiger partial charge in [0.2, 0.25) is 0 Å². The van der Waals surface area contributed by atoms with E-state index in [1.165, 1.54) is 0 Å². The van der Waals surface area contributed by atoms with Crippen molar-refractivity contribution in [2.24, 2.45) is 0 Å². The van der Waals surface area contributed by atoms with Gasteiger partial charge in [0.15, 0.2) is 0 Å². The minimum absolute atomic E-state index is 0.0139. The van der Waals surface area contributed by atoms with Crippen molar-refractivity contribution in [1.29, 1.82) is 0 Å². The van der Waals surface area contributed by atoms with Crippen LogP contribution in [-0.2, 0) is 6.54 Å². The molecule has 1 aromatic rings. The average molecular weight is 264 g/mol. The van der Waals surface area contributed by atoms with Crippen molar-refractivity contribution in [2.45, 2.75) is 51.6 Å². The van der Waals surface area contributed by atoms with Gasteiger partial charge in [-0.3, -0.25) is 4.79 Å². The van der Waals surface area contributed by atoms with Crippen LogP contribution in [0.1, 0.15) is 49.5 Å². The molecule has 2 heterocycles. The summed E-state index contributed by atoms with van der Waals surface area (Å²) < 4.78 is 2.02. The fourth-order valence-corrected chi connectivity index (χ4v) is 2.83. The summed E-state index contributed by atoms with van der Waals surface area (Å²) in [6, 6.07) is 3.80. The van der Waals surface area contributed by atoms with Crippen LogP contribution in [0.3, 0.4) is 0 Å². The predicted molar refractivity (Wildman–Crippen MR) is 75.1 cm³/mol. The van der Waals surface area contributed by atoms with Gasteiger partial charge in [0.1, 0.15) is 5.69 Å². The third-order valence-electron chi connectivity index (χ3n) is 3.86. The molecule has 1 unspecified atom stereocenters. The van der Waals surface area contributed by atoms with Crippen molar-refractivity contribution < 1.29 is 9.90 Å². The Morgan fingerprint density at radius 1 is 1.42 bits per heavy atom. The van der Waals surface area contributed by atoms with Crippen molar-refractivity contribution in [3.8, 4) is 0 Å². The molecule has 1 fully saturated rings. The largest absolute Gasteiger partial charge is 0.394 e. The lowest BCUT2D eigenvalue weighted by Gasteiger charge is -2.29. The summed E-state index contributed by atoms with van der Waals surface area (Å²) >= 11 is 0. The number of rotatable bonds is 4. The number of aliphatic hydroxyl groups excluding tert-OH is 1. The second-order valence-electron chi connectivity index (χ2n) is 5.27. The molecule has 1 aromatic heterocycles. The number of hydrogen-bond donors (Lipinski definition) is 1. The van der Waals surface area contributed by atoms with Crippen LogP contribution in [0.2, 0.25) is 0 Å². The summed E-state index contributed by atoms with van der Waals surface area (Å²) in [6.45, 7) is 3.81. The molecule has 0 aromatic carbocycles. The molecular weight excluding hydrogens is 240 g/mol. The quantitative estimate of drug-likeness (QED) is 0.906. The van der Waals surface area contributed by atoms with Gasteiger partial charge >= 0.3 is 0 Å². The molecular formula is C15H24N2O2. The van der Waals surface area contributed by atoms with Crippen molar-refractivity contribution in [3.63, 3.8) is 0 Å². The van der Waals surface area contributed by atoms with Gasteiger partial charge in [-0.2, -0.15) is 0 Å². The van der Waals surface area contributed by atoms with Crippen molar-refractivity contribution in [1.82, 2.24) is 9.47 Å². The van der Waals surface area contributed by atoms with Gasteiger partial charge in [0.25, 0.3) is 5.91 Å². The molecule has 1 saturated heterocycles. The summed E-state index contributed by atoms with van der Waals surface area (Å²) in [5.41, 5.74) is 0.752. The minimum atomic E-state index is -0.0139. The highest BCUT2D eigenvalue weighted by Gasteiger charge is 2.27. The summed E-state index contributed by atoms with van der Waals surface area (Å²) in [7, 11) is 0. The third kappa shape index (κ3) is 3.18. The molecule has 4 heteroatoms. The van der Waals surface area contributed by atoms with Gasteiger partial charge in [0.05, 0.1) is 12.6 Å². The first-order valence-electron chi connectivity index (χ1n) is 7.35. The predicted octanol–water partition coefficient (Wildman–Crippen LogP) is 2.28. The molecule has 1 aliphatic heterocycles. The summed E-state index contributed by atoms with van der Waals surface area (Å²) in [4.78, 5) is 14.5. The first kappa shape index (κ1) is 14.1.